The van der Waals surface area contributed by atoms with Crippen molar-refractivity contribution in [3.63, 3.8) is 0 Å². The number of nitrogens with one attached hydrogen (secondary N) is 1. The Morgan fingerprint density at radius 2 is 1.83 bits per heavy atom. The van der Waals surface area contributed by atoms with Gasteiger partial charge in [0.25, 0.3) is 0 Å². The summed E-state index contributed by atoms with van der Waals surface area (Å²) in [6.07, 6.45) is 1.13. The highest BCUT2D eigenvalue weighted by Crippen LogP contribution is 2.19. The maximum absolute atomic E-state index is 8.91. The second-order valence-electron chi connectivity index (χ2n) is 5.10. The summed E-state index contributed by atoms with van der Waals surface area (Å²) in [5.41, 5.74) is 2.30. The number of aliphatic hydroxyl groups is 1. The van der Waals surface area contributed by atoms with Gasteiger partial charge in [0.05, 0.1) is 6.61 Å². The standard InChI is InChI=1S/C15H26N2O/c1-5-15(12(2)3)16-13-6-8-14(9-7-13)17(4)10-11-18/h6-9,12,15-16,18H,5,10-11H2,1-4H3. The van der Waals surface area contributed by atoms with Gasteiger partial charge in [-0.2, -0.15) is 0 Å². The molecule has 0 aliphatic heterocycles. The number of aliphatic hydroxyl groups excluding tert-OH is 1. The molecule has 0 bridgehead atoms. The third kappa shape index (κ3) is 4.22. The average Bonchev–Trinajstić information content (AvgIpc) is 2.36. The van der Waals surface area contributed by atoms with E-state index in [1.54, 1.807) is 0 Å². The maximum atomic E-state index is 8.91. The van der Waals surface area contributed by atoms with Gasteiger partial charge in [0.1, 0.15) is 0 Å². The largest absolute Gasteiger partial charge is 0.395 e. The van der Waals surface area contributed by atoms with Gasteiger partial charge in [-0.15, -0.1) is 0 Å². The zero-order valence-corrected chi connectivity index (χ0v) is 12.0. The van der Waals surface area contributed by atoms with E-state index in [1.807, 2.05) is 11.9 Å². The van der Waals surface area contributed by atoms with E-state index in [0.717, 1.165) is 17.8 Å². The van der Waals surface area contributed by atoms with Gasteiger partial charge in [0, 0.05) is 31.0 Å². The third-order valence-electron chi connectivity index (χ3n) is 3.34. The fraction of sp³-hybridized carbons (Fsp3) is 0.600. The van der Waals surface area contributed by atoms with Crippen molar-refractivity contribution < 1.29 is 5.11 Å². The first-order valence-corrected chi connectivity index (χ1v) is 6.77. The van der Waals surface area contributed by atoms with E-state index in [0.29, 0.717) is 18.5 Å². The molecule has 0 aromatic heterocycles. The summed E-state index contributed by atoms with van der Waals surface area (Å²) in [6.45, 7) is 7.54. The number of rotatable bonds is 7. The van der Waals surface area contributed by atoms with Crippen molar-refractivity contribution in [1.82, 2.24) is 0 Å². The van der Waals surface area contributed by atoms with E-state index in [2.05, 4.69) is 50.4 Å². The zero-order chi connectivity index (χ0) is 13.5. The molecule has 1 unspecified atom stereocenters. The van der Waals surface area contributed by atoms with Crippen LogP contribution in [0.3, 0.4) is 0 Å². The summed E-state index contributed by atoms with van der Waals surface area (Å²) in [7, 11) is 1.99. The Kier molecular flexibility index (Phi) is 5.99. The SMILES string of the molecule is CCC(Nc1ccc(N(C)CCO)cc1)C(C)C. The smallest absolute Gasteiger partial charge is 0.0606 e. The Morgan fingerprint density at radius 3 is 2.28 bits per heavy atom. The van der Waals surface area contributed by atoms with Gasteiger partial charge in [-0.3, -0.25) is 0 Å². The Balaban J connectivity index is 2.65. The van der Waals surface area contributed by atoms with Crippen molar-refractivity contribution in [1.29, 1.82) is 0 Å². The second kappa shape index (κ2) is 7.27. The molecule has 0 saturated heterocycles. The van der Waals surface area contributed by atoms with Gasteiger partial charge in [0.15, 0.2) is 0 Å². The second-order valence-corrected chi connectivity index (χ2v) is 5.10. The van der Waals surface area contributed by atoms with Gasteiger partial charge in [-0.1, -0.05) is 20.8 Å². The van der Waals surface area contributed by atoms with Gasteiger partial charge in [0.2, 0.25) is 0 Å². The fourth-order valence-corrected chi connectivity index (χ4v) is 2.05. The molecule has 3 nitrogen and oxygen atoms in total. The first-order chi connectivity index (χ1) is 8.58. The summed E-state index contributed by atoms with van der Waals surface area (Å²) in [5, 5.41) is 12.5. The molecule has 0 fully saturated rings. The lowest BCUT2D eigenvalue weighted by Gasteiger charge is -2.23. The molecule has 102 valence electrons. The molecule has 0 heterocycles. The first-order valence-electron chi connectivity index (χ1n) is 6.77. The van der Waals surface area contributed by atoms with E-state index in [1.165, 1.54) is 0 Å². The van der Waals surface area contributed by atoms with Crippen molar-refractivity contribution in [2.24, 2.45) is 5.92 Å². The minimum atomic E-state index is 0.182. The molecule has 0 aliphatic carbocycles. The molecule has 1 atom stereocenters. The number of nitrogens with zero attached hydrogens (tertiary/aromatic N) is 1. The quantitative estimate of drug-likeness (QED) is 0.781. The van der Waals surface area contributed by atoms with Crippen molar-refractivity contribution in [2.75, 3.05) is 30.4 Å². The zero-order valence-electron chi connectivity index (χ0n) is 12.0. The van der Waals surface area contributed by atoms with Gasteiger partial charge < -0.3 is 15.3 Å². The van der Waals surface area contributed by atoms with Crippen molar-refractivity contribution in [3.05, 3.63) is 24.3 Å². The molecule has 1 rings (SSSR count). The Hall–Kier alpha value is -1.22. The lowest BCUT2D eigenvalue weighted by molar-refractivity contribution is 0.304. The summed E-state index contributed by atoms with van der Waals surface area (Å²) >= 11 is 0. The predicted molar refractivity (Wildman–Crippen MR) is 79.3 cm³/mol. The number of benzene rings is 1. The third-order valence-corrected chi connectivity index (χ3v) is 3.34. The number of anilines is 2. The first kappa shape index (κ1) is 14.8. The normalized spacial score (nSPS) is 12.6. The van der Waals surface area contributed by atoms with Gasteiger partial charge in [-0.25, -0.2) is 0 Å². The highest BCUT2D eigenvalue weighted by molar-refractivity contribution is 5.55. The molecule has 2 N–H and O–H groups in total. The highest BCUT2D eigenvalue weighted by Gasteiger charge is 2.10. The van der Waals surface area contributed by atoms with Crippen LogP contribution in [0.25, 0.3) is 0 Å². The van der Waals surface area contributed by atoms with Crippen LogP contribution in [0.1, 0.15) is 27.2 Å². The van der Waals surface area contributed by atoms with Gasteiger partial charge >= 0.3 is 0 Å². The van der Waals surface area contributed by atoms with E-state index in [9.17, 15) is 0 Å². The fourth-order valence-electron chi connectivity index (χ4n) is 2.05. The molecule has 1 aromatic rings. The van der Waals surface area contributed by atoms with Crippen LogP contribution in [0.2, 0.25) is 0 Å². The van der Waals surface area contributed by atoms with Crippen LogP contribution >= 0.6 is 0 Å². The predicted octanol–water partition coefficient (Wildman–Crippen LogP) is 2.96. The molecule has 0 saturated carbocycles. The van der Waals surface area contributed by atoms with E-state index < -0.39 is 0 Å². The lowest BCUT2D eigenvalue weighted by atomic mass is 10.0. The number of hydrogen-bond donors (Lipinski definition) is 2. The van der Waals surface area contributed by atoms with E-state index in [4.69, 9.17) is 5.11 Å². The molecular weight excluding hydrogens is 224 g/mol. The Bertz CT molecular complexity index is 335. The average molecular weight is 250 g/mol. The molecule has 0 radical (unpaired) electrons. The number of hydrogen-bond acceptors (Lipinski definition) is 3. The maximum Gasteiger partial charge on any atom is 0.0606 e. The number of likely N-dealkylation sites (N-methyl/N-ethyl adjacent to an activating group) is 1. The van der Waals surface area contributed by atoms with Crippen LogP contribution in [0.5, 0.6) is 0 Å². The molecule has 1 aromatic carbocycles. The van der Waals surface area contributed by atoms with Crippen LogP contribution in [0, 0.1) is 5.92 Å². The monoisotopic (exact) mass is 250 g/mol. The summed E-state index contributed by atoms with van der Waals surface area (Å²) < 4.78 is 0. The molecule has 18 heavy (non-hydrogen) atoms. The lowest BCUT2D eigenvalue weighted by Crippen LogP contribution is -2.24. The minimum Gasteiger partial charge on any atom is -0.395 e. The van der Waals surface area contributed by atoms with Crippen LogP contribution < -0.4 is 10.2 Å². The molecular formula is C15H26N2O. The summed E-state index contributed by atoms with van der Waals surface area (Å²) in [4.78, 5) is 2.05. The van der Waals surface area contributed by atoms with Crippen molar-refractivity contribution in [3.8, 4) is 0 Å². The Morgan fingerprint density at radius 1 is 1.22 bits per heavy atom. The van der Waals surface area contributed by atoms with Crippen LogP contribution in [-0.4, -0.2) is 31.3 Å². The van der Waals surface area contributed by atoms with Crippen molar-refractivity contribution in [2.45, 2.75) is 33.2 Å². The van der Waals surface area contributed by atoms with E-state index in [-0.39, 0.29) is 6.61 Å². The Labute approximate surface area is 111 Å². The molecule has 0 amide bonds. The highest BCUT2D eigenvalue weighted by atomic mass is 16.3. The van der Waals surface area contributed by atoms with Crippen molar-refractivity contribution >= 4 is 11.4 Å². The minimum absolute atomic E-state index is 0.182. The topological polar surface area (TPSA) is 35.5 Å². The van der Waals surface area contributed by atoms with Crippen LogP contribution in [0.4, 0.5) is 11.4 Å². The van der Waals surface area contributed by atoms with E-state index >= 15 is 0 Å². The molecule has 3 heteroatoms. The molecule has 0 aliphatic rings. The van der Waals surface area contributed by atoms with Crippen LogP contribution in [0.15, 0.2) is 24.3 Å². The summed E-state index contributed by atoms with van der Waals surface area (Å²) in [6, 6.07) is 8.91. The summed E-state index contributed by atoms with van der Waals surface area (Å²) in [5.74, 6) is 0.631. The van der Waals surface area contributed by atoms with Gasteiger partial charge in [-0.05, 0) is 36.6 Å². The molecule has 0 spiro atoms. The van der Waals surface area contributed by atoms with Crippen LogP contribution in [-0.2, 0) is 0 Å².